The summed E-state index contributed by atoms with van der Waals surface area (Å²) in [5, 5.41) is 11.4. The number of piperidine rings is 1. The number of Topliss-reactive ketones (excluding diaryl/α,β-unsaturated/α-hetero) is 1. The van der Waals surface area contributed by atoms with Gasteiger partial charge < -0.3 is 14.3 Å². The summed E-state index contributed by atoms with van der Waals surface area (Å²) in [5.74, 6) is 1.87. The molecule has 3 aromatic rings. The summed E-state index contributed by atoms with van der Waals surface area (Å²) in [6.45, 7) is 4.79. The maximum absolute atomic E-state index is 12.9. The predicted molar refractivity (Wildman–Crippen MR) is 111 cm³/mol. The van der Waals surface area contributed by atoms with Gasteiger partial charge in [-0.3, -0.25) is 9.69 Å². The number of hydrogen-bond donors (Lipinski definition) is 1. The van der Waals surface area contributed by atoms with Crippen molar-refractivity contribution in [2.45, 2.75) is 26.3 Å². The van der Waals surface area contributed by atoms with Gasteiger partial charge in [-0.05, 0) is 49.6 Å². The van der Waals surface area contributed by atoms with Crippen molar-refractivity contribution in [3.05, 3.63) is 65.1 Å². The molecule has 3 heterocycles. The van der Waals surface area contributed by atoms with Gasteiger partial charge in [0.05, 0.1) is 11.1 Å². The van der Waals surface area contributed by atoms with Crippen molar-refractivity contribution < 1.29 is 19.1 Å². The molecule has 0 spiro atoms. The number of ketones is 1. The van der Waals surface area contributed by atoms with Crippen LogP contribution in [0.15, 0.2) is 52.6 Å². The quantitative estimate of drug-likeness (QED) is 0.640. The van der Waals surface area contributed by atoms with Gasteiger partial charge in [-0.2, -0.15) is 0 Å². The van der Waals surface area contributed by atoms with Crippen molar-refractivity contribution in [2.24, 2.45) is 5.92 Å². The summed E-state index contributed by atoms with van der Waals surface area (Å²) in [6.07, 6.45) is 4.01. The number of furan rings is 1. The molecule has 1 N–H and O–H groups in total. The van der Waals surface area contributed by atoms with E-state index in [1.54, 1.807) is 18.2 Å². The van der Waals surface area contributed by atoms with Crippen LogP contribution in [0.4, 0.5) is 0 Å². The van der Waals surface area contributed by atoms with E-state index >= 15 is 0 Å². The second-order valence-electron chi connectivity index (χ2n) is 8.05. The summed E-state index contributed by atoms with van der Waals surface area (Å²) in [4.78, 5) is 15.2. The average Bonchev–Trinajstić information content (AvgIpc) is 3.25. The highest BCUT2D eigenvalue weighted by Gasteiger charge is 2.32. The first-order valence-corrected chi connectivity index (χ1v) is 10.1. The van der Waals surface area contributed by atoms with Crippen molar-refractivity contribution >= 4 is 22.8 Å². The smallest absolute Gasteiger partial charge is 0.232 e. The molecule has 1 atom stereocenters. The Bertz CT molecular complexity index is 1090. The number of allylic oxidation sites excluding steroid dienone is 1. The van der Waals surface area contributed by atoms with Gasteiger partial charge in [-0.1, -0.05) is 25.1 Å². The van der Waals surface area contributed by atoms with Crippen LogP contribution in [0.5, 0.6) is 11.5 Å². The van der Waals surface area contributed by atoms with E-state index in [4.69, 9.17) is 9.15 Å². The lowest BCUT2D eigenvalue weighted by molar-refractivity contribution is 0.101. The molecule has 0 unspecified atom stereocenters. The second kappa shape index (κ2) is 7.08. The Labute approximate surface area is 169 Å². The molecule has 0 aliphatic carbocycles. The summed E-state index contributed by atoms with van der Waals surface area (Å²) in [5.41, 5.74) is 1.93. The molecule has 0 saturated carbocycles. The third kappa shape index (κ3) is 3.32. The maximum atomic E-state index is 12.9. The van der Waals surface area contributed by atoms with E-state index in [9.17, 15) is 9.90 Å². The molecule has 5 nitrogen and oxygen atoms in total. The third-order valence-electron chi connectivity index (χ3n) is 5.76. The molecule has 2 aromatic carbocycles. The Morgan fingerprint density at radius 1 is 1.24 bits per heavy atom. The summed E-state index contributed by atoms with van der Waals surface area (Å²) in [6, 6.07) is 12.8. The van der Waals surface area contributed by atoms with Crippen LogP contribution in [0, 0.1) is 5.92 Å². The molecule has 1 aromatic heterocycles. The molecule has 0 bridgehead atoms. The van der Waals surface area contributed by atoms with Gasteiger partial charge in [0.25, 0.3) is 0 Å². The van der Waals surface area contributed by atoms with Gasteiger partial charge in [0.2, 0.25) is 5.78 Å². The van der Waals surface area contributed by atoms with E-state index in [0.29, 0.717) is 35.1 Å². The number of nitrogens with zero attached hydrogens (tertiary/aromatic N) is 1. The summed E-state index contributed by atoms with van der Waals surface area (Å²) in [7, 11) is 0. The first-order valence-electron chi connectivity index (χ1n) is 10.1. The van der Waals surface area contributed by atoms with E-state index in [1.165, 1.54) is 6.42 Å². The van der Waals surface area contributed by atoms with Crippen molar-refractivity contribution in [1.82, 2.24) is 4.90 Å². The van der Waals surface area contributed by atoms with E-state index in [0.717, 1.165) is 30.5 Å². The molecule has 1 saturated heterocycles. The van der Waals surface area contributed by atoms with E-state index in [-0.39, 0.29) is 17.3 Å². The van der Waals surface area contributed by atoms with Crippen LogP contribution in [0.3, 0.4) is 0 Å². The first-order chi connectivity index (χ1) is 14.1. The number of ether oxygens (including phenoxy) is 1. The fraction of sp³-hybridized carbons (Fsp3) is 0.292. The summed E-state index contributed by atoms with van der Waals surface area (Å²) < 4.78 is 11.8. The number of likely N-dealkylation sites (tertiary alicyclic amines) is 1. The van der Waals surface area contributed by atoms with Crippen LogP contribution in [-0.2, 0) is 6.54 Å². The molecule has 5 rings (SSSR count). The minimum atomic E-state index is -0.186. The average molecular weight is 389 g/mol. The molecule has 1 fully saturated rings. The Morgan fingerprint density at radius 3 is 2.93 bits per heavy atom. The molecule has 2 aliphatic heterocycles. The Hall–Kier alpha value is -3.05. The number of carbonyl (C=O) groups is 1. The van der Waals surface area contributed by atoms with Gasteiger partial charge in [-0.15, -0.1) is 0 Å². The van der Waals surface area contributed by atoms with Gasteiger partial charge in [0.1, 0.15) is 22.8 Å². The van der Waals surface area contributed by atoms with Gasteiger partial charge >= 0.3 is 0 Å². The predicted octanol–water partition coefficient (Wildman–Crippen LogP) is 4.99. The second-order valence-corrected chi connectivity index (χ2v) is 8.05. The minimum Gasteiger partial charge on any atom is -0.507 e. The number of fused-ring (bicyclic) bond motifs is 2. The van der Waals surface area contributed by atoms with Crippen LogP contribution in [0.25, 0.3) is 17.0 Å². The molecule has 2 aliphatic rings. The van der Waals surface area contributed by atoms with Crippen LogP contribution in [0.1, 0.15) is 41.4 Å². The third-order valence-corrected chi connectivity index (χ3v) is 5.76. The zero-order valence-corrected chi connectivity index (χ0v) is 16.4. The van der Waals surface area contributed by atoms with Crippen LogP contribution < -0.4 is 4.74 Å². The SMILES string of the molecule is C[C@H]1CCCN(Cc2c(O)ccc3c2O/C(=C\c2cc4ccccc4o2)C3=O)C1. The lowest BCUT2D eigenvalue weighted by Crippen LogP contribution is -2.33. The Morgan fingerprint density at radius 2 is 2.10 bits per heavy atom. The molecule has 29 heavy (non-hydrogen) atoms. The number of para-hydroxylation sites is 1. The number of benzene rings is 2. The van der Waals surface area contributed by atoms with Crippen LogP contribution in [-0.4, -0.2) is 28.9 Å². The van der Waals surface area contributed by atoms with Crippen molar-refractivity contribution in [3.63, 3.8) is 0 Å². The number of aromatic hydroxyl groups is 1. The van der Waals surface area contributed by atoms with Gasteiger partial charge in [0.15, 0.2) is 5.76 Å². The van der Waals surface area contributed by atoms with Gasteiger partial charge in [0, 0.05) is 24.6 Å². The van der Waals surface area contributed by atoms with E-state index in [1.807, 2.05) is 30.3 Å². The maximum Gasteiger partial charge on any atom is 0.232 e. The number of carbonyl (C=O) groups excluding carboxylic acids is 1. The zero-order chi connectivity index (χ0) is 20.0. The van der Waals surface area contributed by atoms with Gasteiger partial charge in [-0.25, -0.2) is 0 Å². The van der Waals surface area contributed by atoms with Crippen LogP contribution in [0.2, 0.25) is 0 Å². The highest BCUT2D eigenvalue weighted by Crippen LogP contribution is 2.40. The normalized spacial score (nSPS) is 20.9. The highest BCUT2D eigenvalue weighted by atomic mass is 16.5. The minimum absolute atomic E-state index is 0.166. The molecule has 0 radical (unpaired) electrons. The molecular weight excluding hydrogens is 366 g/mol. The zero-order valence-electron chi connectivity index (χ0n) is 16.4. The number of phenols is 1. The van der Waals surface area contributed by atoms with E-state index in [2.05, 4.69) is 11.8 Å². The monoisotopic (exact) mass is 389 g/mol. The Balaban J connectivity index is 1.46. The fourth-order valence-corrected chi connectivity index (χ4v) is 4.31. The molecule has 148 valence electrons. The molecule has 0 amide bonds. The number of phenolic OH excluding ortho intramolecular Hbond substituents is 1. The standard InChI is InChI=1S/C24H23NO4/c1-15-5-4-10-25(13-15)14-19-20(26)9-8-18-23(27)22(29-24(18)19)12-17-11-16-6-2-3-7-21(16)28-17/h2-3,6-9,11-12,15,26H,4-5,10,13-14H2,1H3/b22-12-/t15-/m0/s1. The largest absolute Gasteiger partial charge is 0.507 e. The topological polar surface area (TPSA) is 62.9 Å². The van der Waals surface area contributed by atoms with Crippen molar-refractivity contribution in [1.29, 1.82) is 0 Å². The van der Waals surface area contributed by atoms with Crippen molar-refractivity contribution in [2.75, 3.05) is 13.1 Å². The Kier molecular flexibility index (Phi) is 4.40. The van der Waals surface area contributed by atoms with Crippen molar-refractivity contribution in [3.8, 4) is 11.5 Å². The lowest BCUT2D eigenvalue weighted by Gasteiger charge is -2.31. The lowest BCUT2D eigenvalue weighted by atomic mass is 9.99. The number of hydrogen-bond acceptors (Lipinski definition) is 5. The number of rotatable bonds is 3. The molecular formula is C24H23NO4. The fourth-order valence-electron chi connectivity index (χ4n) is 4.31. The summed E-state index contributed by atoms with van der Waals surface area (Å²) >= 11 is 0. The van der Waals surface area contributed by atoms with E-state index < -0.39 is 0 Å². The van der Waals surface area contributed by atoms with Crippen LogP contribution >= 0.6 is 0 Å². The highest BCUT2D eigenvalue weighted by molar-refractivity contribution is 6.15. The first kappa shape index (κ1) is 18.0. The molecule has 5 heteroatoms.